The van der Waals surface area contributed by atoms with Gasteiger partial charge in [0, 0.05) is 6.20 Å². The van der Waals surface area contributed by atoms with Gasteiger partial charge in [-0.25, -0.2) is 4.98 Å². The molecule has 0 amide bonds. The van der Waals surface area contributed by atoms with Crippen LogP contribution in [0.3, 0.4) is 0 Å². The van der Waals surface area contributed by atoms with Gasteiger partial charge < -0.3 is 10.3 Å². The molecule has 7 heteroatoms. The summed E-state index contributed by atoms with van der Waals surface area (Å²) in [5, 5.41) is 0. The normalized spacial score (nSPS) is 12.0. The maximum absolute atomic E-state index is 13.0. The molecule has 2 heterocycles. The molecule has 3 rings (SSSR count). The molecule has 3 aromatic rings. The van der Waals surface area contributed by atoms with Crippen molar-refractivity contribution in [2.24, 2.45) is 0 Å². The molecule has 4 nitrogen and oxygen atoms in total. The molecule has 0 bridgehead atoms. The van der Waals surface area contributed by atoms with E-state index in [-0.39, 0.29) is 18.1 Å². The number of rotatable bonds is 2. The number of hydrogen-bond donors (Lipinski definition) is 1. The monoisotopic (exact) mass is 292 g/mol. The topological polar surface area (TPSA) is 56.7 Å². The largest absolute Gasteiger partial charge is 0.416 e. The molecule has 0 saturated heterocycles. The lowest BCUT2D eigenvalue weighted by Gasteiger charge is -2.14. The van der Waals surface area contributed by atoms with Crippen LogP contribution >= 0.6 is 0 Å². The van der Waals surface area contributed by atoms with E-state index in [9.17, 15) is 13.2 Å². The van der Waals surface area contributed by atoms with Crippen molar-refractivity contribution in [2.45, 2.75) is 12.7 Å². The maximum Gasteiger partial charge on any atom is 0.416 e. The Morgan fingerprint density at radius 2 is 1.90 bits per heavy atom. The molecule has 0 radical (unpaired) electrons. The van der Waals surface area contributed by atoms with E-state index in [1.807, 2.05) is 0 Å². The second kappa shape index (κ2) is 4.76. The SMILES string of the molecule is Nc1nc2cnccc2n1Cc1ccccc1C(F)(F)F. The Morgan fingerprint density at radius 3 is 2.67 bits per heavy atom. The van der Waals surface area contributed by atoms with E-state index in [2.05, 4.69) is 9.97 Å². The van der Waals surface area contributed by atoms with Crippen LogP contribution in [0, 0.1) is 0 Å². The lowest BCUT2D eigenvalue weighted by molar-refractivity contribution is -0.138. The lowest BCUT2D eigenvalue weighted by atomic mass is 10.1. The molecule has 0 spiro atoms. The first-order chi connectivity index (χ1) is 9.97. The standard InChI is InChI=1S/C14H11F3N4/c15-14(16,17)10-4-2-1-3-9(10)8-21-12-5-6-19-7-11(12)20-13(21)18/h1-7H,8H2,(H2,18,20). The van der Waals surface area contributed by atoms with Crippen LogP contribution < -0.4 is 5.73 Å². The Morgan fingerprint density at radius 1 is 1.14 bits per heavy atom. The number of benzene rings is 1. The van der Waals surface area contributed by atoms with Gasteiger partial charge in [-0.05, 0) is 17.7 Å². The van der Waals surface area contributed by atoms with Gasteiger partial charge in [-0.15, -0.1) is 0 Å². The van der Waals surface area contributed by atoms with Crippen molar-refractivity contribution in [3.8, 4) is 0 Å². The van der Waals surface area contributed by atoms with Crippen molar-refractivity contribution in [2.75, 3.05) is 5.73 Å². The first kappa shape index (κ1) is 13.4. The quantitative estimate of drug-likeness (QED) is 0.789. The number of halogens is 3. The van der Waals surface area contributed by atoms with Crippen molar-refractivity contribution in [1.82, 2.24) is 14.5 Å². The van der Waals surface area contributed by atoms with Crippen LogP contribution in [0.2, 0.25) is 0 Å². The molecule has 0 fully saturated rings. The van der Waals surface area contributed by atoms with Gasteiger partial charge in [0.1, 0.15) is 5.52 Å². The summed E-state index contributed by atoms with van der Waals surface area (Å²) in [6, 6.07) is 7.11. The third-order valence-electron chi connectivity index (χ3n) is 3.23. The first-order valence-electron chi connectivity index (χ1n) is 6.17. The van der Waals surface area contributed by atoms with E-state index < -0.39 is 11.7 Å². The average Bonchev–Trinajstić information content (AvgIpc) is 2.75. The van der Waals surface area contributed by atoms with Crippen molar-refractivity contribution < 1.29 is 13.2 Å². The summed E-state index contributed by atoms with van der Waals surface area (Å²) in [5.41, 5.74) is 6.49. The summed E-state index contributed by atoms with van der Waals surface area (Å²) in [6.07, 6.45) is -1.32. The number of nitrogen functional groups attached to an aromatic ring is 1. The van der Waals surface area contributed by atoms with Crippen LogP contribution in [-0.2, 0) is 12.7 Å². The Kier molecular flexibility index (Phi) is 3.04. The zero-order valence-corrected chi connectivity index (χ0v) is 10.8. The highest BCUT2D eigenvalue weighted by Gasteiger charge is 2.33. The van der Waals surface area contributed by atoms with Crippen LogP contribution in [0.25, 0.3) is 11.0 Å². The molecular formula is C14H11F3N4. The fraction of sp³-hybridized carbons (Fsp3) is 0.143. The number of anilines is 1. The molecule has 0 atom stereocenters. The lowest BCUT2D eigenvalue weighted by Crippen LogP contribution is -2.12. The predicted molar refractivity (Wildman–Crippen MR) is 72.5 cm³/mol. The number of fused-ring (bicyclic) bond motifs is 1. The van der Waals surface area contributed by atoms with Crippen LogP contribution in [0.15, 0.2) is 42.7 Å². The molecule has 0 aliphatic carbocycles. The summed E-state index contributed by atoms with van der Waals surface area (Å²) in [7, 11) is 0. The fourth-order valence-corrected chi connectivity index (χ4v) is 2.27. The molecule has 108 valence electrons. The maximum atomic E-state index is 13.0. The Labute approximate surface area is 118 Å². The number of nitrogens with zero attached hydrogens (tertiary/aromatic N) is 3. The Balaban J connectivity index is 2.10. The molecule has 0 aliphatic rings. The van der Waals surface area contributed by atoms with Gasteiger partial charge in [0.2, 0.25) is 5.95 Å². The first-order valence-corrected chi connectivity index (χ1v) is 6.17. The zero-order valence-electron chi connectivity index (χ0n) is 10.8. The number of hydrogen-bond acceptors (Lipinski definition) is 3. The van der Waals surface area contributed by atoms with Crippen LogP contribution in [0.5, 0.6) is 0 Å². The minimum absolute atomic E-state index is 0.00201. The van der Waals surface area contributed by atoms with E-state index in [4.69, 9.17) is 5.73 Å². The molecule has 0 unspecified atom stereocenters. The van der Waals surface area contributed by atoms with E-state index in [1.54, 1.807) is 22.9 Å². The van der Waals surface area contributed by atoms with E-state index in [0.29, 0.717) is 11.0 Å². The van der Waals surface area contributed by atoms with Gasteiger partial charge in [0.15, 0.2) is 0 Å². The smallest absolute Gasteiger partial charge is 0.369 e. The average molecular weight is 292 g/mol. The predicted octanol–water partition coefficient (Wildman–Crippen LogP) is 3.08. The van der Waals surface area contributed by atoms with E-state index in [1.165, 1.54) is 18.3 Å². The number of aromatic nitrogens is 3. The number of nitrogens with two attached hydrogens (primary N) is 1. The highest BCUT2D eigenvalue weighted by atomic mass is 19.4. The third-order valence-corrected chi connectivity index (χ3v) is 3.23. The summed E-state index contributed by atoms with van der Waals surface area (Å²) in [5.74, 6) is 0.162. The highest BCUT2D eigenvalue weighted by Crippen LogP contribution is 2.32. The molecular weight excluding hydrogens is 281 g/mol. The summed E-state index contributed by atoms with van der Waals surface area (Å²) >= 11 is 0. The molecule has 1 aromatic carbocycles. The second-order valence-electron chi connectivity index (χ2n) is 4.58. The molecule has 2 N–H and O–H groups in total. The van der Waals surface area contributed by atoms with Gasteiger partial charge in [0.25, 0.3) is 0 Å². The van der Waals surface area contributed by atoms with Crippen LogP contribution in [0.4, 0.5) is 19.1 Å². The minimum Gasteiger partial charge on any atom is -0.369 e. The summed E-state index contributed by atoms with van der Waals surface area (Å²) < 4.78 is 40.6. The van der Waals surface area contributed by atoms with Gasteiger partial charge in [-0.1, -0.05) is 18.2 Å². The number of pyridine rings is 1. The number of alkyl halides is 3. The second-order valence-corrected chi connectivity index (χ2v) is 4.58. The minimum atomic E-state index is -4.40. The highest BCUT2D eigenvalue weighted by molar-refractivity contribution is 5.77. The molecule has 0 aliphatic heterocycles. The van der Waals surface area contributed by atoms with E-state index >= 15 is 0 Å². The van der Waals surface area contributed by atoms with Gasteiger partial charge in [-0.2, -0.15) is 13.2 Å². The number of imidazole rings is 1. The Hall–Kier alpha value is -2.57. The van der Waals surface area contributed by atoms with Crippen molar-refractivity contribution in [1.29, 1.82) is 0 Å². The van der Waals surface area contributed by atoms with Crippen molar-refractivity contribution in [3.63, 3.8) is 0 Å². The van der Waals surface area contributed by atoms with Gasteiger partial charge in [0.05, 0.1) is 23.8 Å². The van der Waals surface area contributed by atoms with E-state index in [0.717, 1.165) is 6.07 Å². The third kappa shape index (κ3) is 2.42. The molecule has 2 aromatic heterocycles. The Bertz CT molecular complexity index is 792. The summed E-state index contributed by atoms with van der Waals surface area (Å²) in [4.78, 5) is 8.02. The fourth-order valence-electron chi connectivity index (χ4n) is 2.27. The van der Waals surface area contributed by atoms with Crippen molar-refractivity contribution in [3.05, 3.63) is 53.9 Å². The zero-order chi connectivity index (χ0) is 15.0. The van der Waals surface area contributed by atoms with Crippen molar-refractivity contribution >= 4 is 17.0 Å². The summed E-state index contributed by atoms with van der Waals surface area (Å²) in [6.45, 7) is 0.00201. The van der Waals surface area contributed by atoms with Gasteiger partial charge in [-0.3, -0.25) is 4.98 Å². The van der Waals surface area contributed by atoms with Gasteiger partial charge >= 0.3 is 6.18 Å². The molecule has 21 heavy (non-hydrogen) atoms. The van der Waals surface area contributed by atoms with Crippen LogP contribution in [-0.4, -0.2) is 14.5 Å². The molecule has 0 saturated carbocycles. The van der Waals surface area contributed by atoms with Crippen LogP contribution in [0.1, 0.15) is 11.1 Å².